The highest BCUT2D eigenvalue weighted by molar-refractivity contribution is 5.94. The number of urea groups is 1. The van der Waals surface area contributed by atoms with Crippen LogP contribution in [0.15, 0.2) is 0 Å². The molecule has 0 aromatic carbocycles. The number of aryl methyl sites for hydroxylation is 1. The number of nitrogens with zero attached hydrogens (tertiary/aromatic N) is 3. The van der Waals surface area contributed by atoms with Crippen LogP contribution in [0.3, 0.4) is 0 Å². The van der Waals surface area contributed by atoms with Crippen molar-refractivity contribution in [2.45, 2.75) is 70.1 Å². The van der Waals surface area contributed by atoms with Crippen molar-refractivity contribution in [3.05, 3.63) is 17.0 Å². The van der Waals surface area contributed by atoms with Crippen LogP contribution >= 0.6 is 0 Å². The molecule has 7 nitrogen and oxygen atoms in total. The first-order chi connectivity index (χ1) is 11.6. The third-order valence-electron chi connectivity index (χ3n) is 5.31. The van der Waals surface area contributed by atoms with Crippen molar-refractivity contribution in [2.24, 2.45) is 7.05 Å². The first-order valence-corrected chi connectivity index (χ1v) is 9.03. The lowest BCUT2D eigenvalue weighted by Crippen LogP contribution is -2.43. The number of hydrogen-bond donors (Lipinski definition) is 2. The fraction of sp³-hybridized carbons (Fsp3) is 0.706. The molecule has 3 aliphatic rings. The molecule has 0 bridgehead atoms. The highest BCUT2D eigenvalue weighted by Crippen LogP contribution is 2.27. The lowest BCUT2D eigenvalue weighted by atomic mass is 9.96. The molecule has 7 heteroatoms. The molecule has 3 amide bonds. The molecule has 2 aliphatic carbocycles. The summed E-state index contributed by atoms with van der Waals surface area (Å²) in [6.07, 6.45) is 7.91. The van der Waals surface area contributed by atoms with Crippen LogP contribution in [0.1, 0.15) is 66.7 Å². The van der Waals surface area contributed by atoms with E-state index in [1.807, 2.05) is 7.05 Å². The highest BCUT2D eigenvalue weighted by Gasteiger charge is 2.34. The molecule has 0 saturated heterocycles. The summed E-state index contributed by atoms with van der Waals surface area (Å²) >= 11 is 0. The van der Waals surface area contributed by atoms with E-state index in [4.69, 9.17) is 0 Å². The second-order valence-corrected chi connectivity index (χ2v) is 7.29. The summed E-state index contributed by atoms with van der Waals surface area (Å²) in [5.41, 5.74) is 2.34. The summed E-state index contributed by atoms with van der Waals surface area (Å²) in [6, 6.07) is 0.583. The molecule has 2 N–H and O–H groups in total. The summed E-state index contributed by atoms with van der Waals surface area (Å²) in [7, 11) is 1.84. The summed E-state index contributed by atoms with van der Waals surface area (Å²) in [5.74, 6) is -0.108. The van der Waals surface area contributed by atoms with Gasteiger partial charge in [-0.2, -0.15) is 5.10 Å². The molecule has 2 fully saturated rings. The number of amides is 3. The van der Waals surface area contributed by atoms with Gasteiger partial charge >= 0.3 is 6.03 Å². The summed E-state index contributed by atoms with van der Waals surface area (Å²) in [4.78, 5) is 26.7. The second-order valence-electron chi connectivity index (χ2n) is 7.29. The minimum atomic E-state index is -0.108. The molecule has 0 spiro atoms. The van der Waals surface area contributed by atoms with Gasteiger partial charge in [-0.3, -0.25) is 9.48 Å². The van der Waals surface area contributed by atoms with E-state index in [9.17, 15) is 9.59 Å². The van der Waals surface area contributed by atoms with Crippen LogP contribution in [0.5, 0.6) is 0 Å². The molecule has 1 aliphatic heterocycles. The summed E-state index contributed by atoms with van der Waals surface area (Å²) in [6.45, 7) is 0.989. The molecule has 0 radical (unpaired) electrons. The quantitative estimate of drug-likeness (QED) is 0.884. The Labute approximate surface area is 141 Å². The summed E-state index contributed by atoms with van der Waals surface area (Å²) < 4.78 is 1.74. The summed E-state index contributed by atoms with van der Waals surface area (Å²) in [5, 5.41) is 10.5. The van der Waals surface area contributed by atoms with Gasteiger partial charge in [0.05, 0.1) is 18.8 Å². The van der Waals surface area contributed by atoms with Crippen molar-refractivity contribution in [1.82, 2.24) is 25.3 Å². The average Bonchev–Trinajstić information content (AvgIpc) is 3.18. The topological polar surface area (TPSA) is 79.3 Å². The predicted octanol–water partition coefficient (Wildman–Crippen LogP) is 1.67. The Morgan fingerprint density at radius 3 is 2.42 bits per heavy atom. The van der Waals surface area contributed by atoms with E-state index < -0.39 is 0 Å². The second kappa shape index (κ2) is 6.11. The van der Waals surface area contributed by atoms with Crippen molar-refractivity contribution in [3.63, 3.8) is 0 Å². The van der Waals surface area contributed by atoms with Gasteiger partial charge in [-0.25, -0.2) is 4.79 Å². The predicted molar refractivity (Wildman–Crippen MR) is 88.3 cm³/mol. The Bertz CT molecular complexity index is 658. The lowest BCUT2D eigenvalue weighted by Gasteiger charge is -2.26. The van der Waals surface area contributed by atoms with Crippen LogP contribution in [0.25, 0.3) is 0 Å². The van der Waals surface area contributed by atoms with Gasteiger partial charge in [0.15, 0.2) is 5.69 Å². The lowest BCUT2D eigenvalue weighted by molar-refractivity contribution is 0.0943. The Balaban J connectivity index is 1.43. The van der Waals surface area contributed by atoms with Gasteiger partial charge in [0.2, 0.25) is 0 Å². The Morgan fingerprint density at radius 1 is 1.00 bits per heavy atom. The van der Waals surface area contributed by atoms with Crippen molar-refractivity contribution >= 4 is 11.9 Å². The first kappa shape index (κ1) is 15.5. The van der Waals surface area contributed by atoms with Crippen molar-refractivity contribution < 1.29 is 9.59 Å². The fourth-order valence-electron chi connectivity index (χ4n) is 3.71. The molecule has 2 saturated carbocycles. The van der Waals surface area contributed by atoms with Crippen LogP contribution in [0.4, 0.5) is 4.79 Å². The maximum atomic E-state index is 12.5. The minimum Gasteiger partial charge on any atom is -0.348 e. The number of hydrogen-bond acceptors (Lipinski definition) is 3. The maximum absolute atomic E-state index is 12.5. The number of aromatic nitrogens is 2. The van der Waals surface area contributed by atoms with Gasteiger partial charge in [-0.1, -0.05) is 19.3 Å². The molecule has 1 aromatic heterocycles. The number of carbonyl (C=O) groups is 2. The monoisotopic (exact) mass is 331 g/mol. The number of carbonyl (C=O) groups excluding carboxylic acids is 2. The smallest absolute Gasteiger partial charge is 0.318 e. The fourth-order valence-corrected chi connectivity index (χ4v) is 3.71. The molecule has 24 heavy (non-hydrogen) atoms. The average molecular weight is 331 g/mol. The van der Waals surface area contributed by atoms with Crippen molar-refractivity contribution in [2.75, 3.05) is 0 Å². The number of rotatable bonds is 3. The first-order valence-electron chi connectivity index (χ1n) is 9.03. The third kappa shape index (κ3) is 2.99. The normalized spacial score (nSPS) is 20.8. The van der Waals surface area contributed by atoms with E-state index in [2.05, 4.69) is 15.7 Å². The molecular weight excluding hydrogens is 306 g/mol. The van der Waals surface area contributed by atoms with E-state index in [0.29, 0.717) is 30.9 Å². The molecule has 1 aromatic rings. The van der Waals surface area contributed by atoms with E-state index in [1.54, 1.807) is 9.58 Å². The van der Waals surface area contributed by atoms with Gasteiger partial charge in [-0.05, 0) is 25.7 Å². The van der Waals surface area contributed by atoms with Gasteiger partial charge in [0.1, 0.15) is 0 Å². The standard InChI is InChI=1S/C17H25N5O2/c1-21-14-10-22(17(24)19-11-5-3-2-4-6-11)9-13(14)15(20-21)16(23)18-12-7-8-12/h11-12H,2-10H2,1H3,(H,18,23)(H,19,24). The molecule has 0 unspecified atom stereocenters. The SMILES string of the molecule is Cn1nc(C(=O)NC2CC2)c2c1CN(C(=O)NC1CCCCC1)C2. The van der Waals surface area contributed by atoms with Crippen LogP contribution in [-0.4, -0.2) is 38.7 Å². The van der Waals surface area contributed by atoms with E-state index in [1.165, 1.54) is 19.3 Å². The zero-order valence-electron chi connectivity index (χ0n) is 14.2. The molecule has 130 valence electrons. The van der Waals surface area contributed by atoms with Crippen molar-refractivity contribution in [1.29, 1.82) is 0 Å². The molecule has 4 rings (SSSR count). The number of nitrogens with one attached hydrogen (secondary N) is 2. The third-order valence-corrected chi connectivity index (χ3v) is 5.31. The maximum Gasteiger partial charge on any atom is 0.318 e. The Kier molecular flexibility index (Phi) is 3.94. The number of fused-ring (bicyclic) bond motifs is 1. The Hall–Kier alpha value is -2.05. The van der Waals surface area contributed by atoms with E-state index >= 15 is 0 Å². The van der Waals surface area contributed by atoms with Gasteiger partial charge < -0.3 is 15.5 Å². The Morgan fingerprint density at radius 2 is 1.71 bits per heavy atom. The van der Waals surface area contributed by atoms with E-state index in [0.717, 1.165) is 36.9 Å². The zero-order chi connectivity index (χ0) is 16.7. The van der Waals surface area contributed by atoms with Crippen LogP contribution in [0.2, 0.25) is 0 Å². The zero-order valence-corrected chi connectivity index (χ0v) is 14.2. The van der Waals surface area contributed by atoms with Crippen LogP contribution in [-0.2, 0) is 20.1 Å². The minimum absolute atomic E-state index is 0.0216. The van der Waals surface area contributed by atoms with Crippen LogP contribution in [0, 0.1) is 0 Å². The highest BCUT2D eigenvalue weighted by atomic mass is 16.2. The van der Waals surface area contributed by atoms with Gasteiger partial charge in [-0.15, -0.1) is 0 Å². The van der Waals surface area contributed by atoms with Crippen molar-refractivity contribution in [3.8, 4) is 0 Å². The molecule has 0 atom stereocenters. The largest absolute Gasteiger partial charge is 0.348 e. The molecule has 2 heterocycles. The van der Waals surface area contributed by atoms with Crippen LogP contribution < -0.4 is 10.6 Å². The van der Waals surface area contributed by atoms with Gasteiger partial charge in [0.25, 0.3) is 5.91 Å². The van der Waals surface area contributed by atoms with E-state index in [-0.39, 0.29) is 11.9 Å². The van der Waals surface area contributed by atoms with Gasteiger partial charge in [0, 0.05) is 24.7 Å². The molecular formula is C17H25N5O2.